The van der Waals surface area contributed by atoms with E-state index in [0.717, 1.165) is 0 Å². The van der Waals surface area contributed by atoms with Gasteiger partial charge in [0.1, 0.15) is 0 Å². The van der Waals surface area contributed by atoms with E-state index in [4.69, 9.17) is 14.2 Å². The number of hydrogen-bond donors (Lipinski definition) is 1. The van der Waals surface area contributed by atoms with Crippen molar-refractivity contribution in [2.24, 2.45) is 22.7 Å². The minimum absolute atomic E-state index is 0.0168. The van der Waals surface area contributed by atoms with Crippen LogP contribution in [-0.2, 0) is 28.6 Å². The Balaban J connectivity index is 1.60. The molecule has 1 heterocycles. The van der Waals surface area contributed by atoms with Gasteiger partial charge in [-0.15, -0.1) is 0 Å². The Morgan fingerprint density at radius 2 is 1.94 bits per heavy atom. The average Bonchev–Trinajstić information content (AvgIpc) is 3.14. The van der Waals surface area contributed by atoms with Crippen molar-refractivity contribution in [2.45, 2.75) is 89.6 Å². The van der Waals surface area contributed by atoms with Gasteiger partial charge in [0.25, 0.3) is 0 Å². The van der Waals surface area contributed by atoms with Crippen LogP contribution in [-0.4, -0.2) is 58.5 Å². The first-order valence-electron chi connectivity index (χ1n) is 12.1. The standard InChI is InChI=1S/C26H33FO7/c1-14(28)32-13-20(31)26-21(33-22(2,3)34-26)11-18-17-7-6-15-10-16(29)8-9-23(15,4)25(17,27)19(30)12-24(18,26)5/h8-10,17-19,21,30H,6-7,11-13H2,1-5H3/t17?,18?,19-,21+,23-,24-,25-,26?/m0/s1. The summed E-state index contributed by atoms with van der Waals surface area (Å²) in [5.74, 6) is -3.11. The monoisotopic (exact) mass is 476 g/mol. The minimum atomic E-state index is -2.01. The minimum Gasteiger partial charge on any atom is -0.458 e. The number of esters is 1. The van der Waals surface area contributed by atoms with Crippen molar-refractivity contribution >= 4 is 17.5 Å². The number of carbonyl (C=O) groups excluding carboxylic acids is 3. The molecule has 4 aliphatic carbocycles. The SMILES string of the molecule is CC(=O)OCC(=O)C12OC(C)(C)O[C@@H]1CC1C3CCC4=CC(=O)C=C[C@]4(C)[C@@]3(F)[C@@H](O)C[C@@]12C. The summed E-state index contributed by atoms with van der Waals surface area (Å²) < 4.78 is 34.9. The predicted molar refractivity (Wildman–Crippen MR) is 118 cm³/mol. The van der Waals surface area contributed by atoms with Crippen LogP contribution in [0.25, 0.3) is 0 Å². The molecule has 3 unspecified atom stereocenters. The van der Waals surface area contributed by atoms with Gasteiger partial charge in [0.2, 0.25) is 5.78 Å². The molecule has 8 heteroatoms. The number of rotatable bonds is 3. The molecule has 0 radical (unpaired) electrons. The van der Waals surface area contributed by atoms with Gasteiger partial charge in [0.05, 0.1) is 12.2 Å². The fourth-order valence-electron chi connectivity index (χ4n) is 8.08. The third kappa shape index (κ3) is 2.76. The Labute approximate surface area is 198 Å². The van der Waals surface area contributed by atoms with E-state index < -0.39 is 64.4 Å². The number of alkyl halides is 1. The smallest absolute Gasteiger partial charge is 0.303 e. The van der Waals surface area contributed by atoms with Crippen LogP contribution < -0.4 is 0 Å². The zero-order chi connectivity index (χ0) is 24.9. The van der Waals surface area contributed by atoms with Crippen LogP contribution in [0.4, 0.5) is 4.39 Å². The summed E-state index contributed by atoms with van der Waals surface area (Å²) >= 11 is 0. The number of Topliss-reactive ketones (excluding diaryl/α,β-unsaturated/α-hetero) is 1. The maximum absolute atomic E-state index is 17.3. The van der Waals surface area contributed by atoms with Gasteiger partial charge in [0, 0.05) is 23.7 Å². The van der Waals surface area contributed by atoms with Crippen LogP contribution in [0, 0.1) is 22.7 Å². The lowest BCUT2D eigenvalue weighted by molar-refractivity contribution is -0.246. The molecule has 4 fully saturated rings. The normalized spacial score (nSPS) is 48.3. The first kappa shape index (κ1) is 23.8. The lowest BCUT2D eigenvalue weighted by Crippen LogP contribution is -2.70. The molecule has 1 saturated heterocycles. The summed E-state index contributed by atoms with van der Waals surface area (Å²) in [4.78, 5) is 37.1. The topological polar surface area (TPSA) is 99.1 Å². The van der Waals surface area contributed by atoms with Gasteiger partial charge in [-0.1, -0.05) is 18.6 Å². The Morgan fingerprint density at radius 1 is 1.24 bits per heavy atom. The maximum Gasteiger partial charge on any atom is 0.303 e. The number of ether oxygens (including phenoxy) is 3. The van der Waals surface area contributed by atoms with E-state index in [9.17, 15) is 19.5 Å². The molecule has 0 spiro atoms. The number of fused-ring (bicyclic) bond motifs is 7. The fraction of sp³-hybridized carbons (Fsp3) is 0.731. The molecule has 1 N–H and O–H groups in total. The zero-order valence-electron chi connectivity index (χ0n) is 20.4. The Bertz CT molecular complexity index is 1030. The van der Waals surface area contributed by atoms with E-state index in [1.807, 2.05) is 6.92 Å². The molecular formula is C26H33FO7. The van der Waals surface area contributed by atoms with E-state index >= 15 is 4.39 Å². The molecule has 8 atom stereocenters. The van der Waals surface area contributed by atoms with Crippen LogP contribution in [0.15, 0.2) is 23.8 Å². The highest BCUT2D eigenvalue weighted by Crippen LogP contribution is 2.72. The third-order valence-corrected chi connectivity index (χ3v) is 9.45. The molecule has 5 aliphatic rings. The van der Waals surface area contributed by atoms with E-state index in [1.165, 1.54) is 19.1 Å². The maximum atomic E-state index is 17.3. The van der Waals surface area contributed by atoms with Gasteiger partial charge in [-0.25, -0.2) is 4.39 Å². The quantitative estimate of drug-likeness (QED) is 0.625. The highest BCUT2D eigenvalue weighted by atomic mass is 19.1. The van der Waals surface area contributed by atoms with E-state index in [1.54, 1.807) is 26.8 Å². The number of halogens is 1. The van der Waals surface area contributed by atoms with Gasteiger partial charge in [0.15, 0.2) is 29.4 Å². The van der Waals surface area contributed by atoms with Gasteiger partial charge >= 0.3 is 5.97 Å². The Hall–Kier alpha value is -1.90. The summed E-state index contributed by atoms with van der Waals surface area (Å²) in [7, 11) is 0. The van der Waals surface area contributed by atoms with Crippen LogP contribution in [0.2, 0.25) is 0 Å². The second-order valence-corrected chi connectivity index (χ2v) is 11.5. The molecule has 34 heavy (non-hydrogen) atoms. The van der Waals surface area contributed by atoms with Crippen LogP contribution in [0.1, 0.15) is 60.3 Å². The molecule has 3 saturated carbocycles. The fourth-order valence-corrected chi connectivity index (χ4v) is 8.08. The van der Waals surface area contributed by atoms with Crippen LogP contribution >= 0.6 is 0 Å². The van der Waals surface area contributed by atoms with Crippen molar-refractivity contribution in [3.05, 3.63) is 23.8 Å². The van der Waals surface area contributed by atoms with Gasteiger partial charge in [-0.3, -0.25) is 14.4 Å². The second kappa shape index (κ2) is 7.08. The number of aliphatic hydroxyl groups excluding tert-OH is 1. The van der Waals surface area contributed by atoms with Crippen LogP contribution in [0.3, 0.4) is 0 Å². The molecule has 0 bridgehead atoms. The number of allylic oxidation sites excluding steroid dienone is 4. The first-order chi connectivity index (χ1) is 15.7. The molecule has 186 valence electrons. The number of carbonyl (C=O) groups is 3. The molecular weight excluding hydrogens is 443 g/mol. The van der Waals surface area contributed by atoms with Crippen LogP contribution in [0.5, 0.6) is 0 Å². The lowest BCUT2D eigenvalue weighted by Gasteiger charge is -2.62. The van der Waals surface area contributed by atoms with Crippen molar-refractivity contribution in [3.63, 3.8) is 0 Å². The second-order valence-electron chi connectivity index (χ2n) is 11.5. The van der Waals surface area contributed by atoms with Crippen molar-refractivity contribution in [2.75, 3.05) is 6.61 Å². The van der Waals surface area contributed by atoms with E-state index in [0.29, 0.717) is 24.8 Å². The Kier molecular flexibility index (Phi) is 4.96. The average molecular weight is 477 g/mol. The molecule has 0 aromatic carbocycles. The Morgan fingerprint density at radius 3 is 2.62 bits per heavy atom. The largest absolute Gasteiger partial charge is 0.458 e. The van der Waals surface area contributed by atoms with Crippen molar-refractivity contribution in [1.29, 1.82) is 0 Å². The predicted octanol–water partition coefficient (Wildman–Crippen LogP) is 2.99. The van der Waals surface area contributed by atoms with Gasteiger partial charge in [-0.2, -0.15) is 0 Å². The van der Waals surface area contributed by atoms with Gasteiger partial charge in [-0.05, 0) is 64.5 Å². The molecule has 5 rings (SSSR count). The molecule has 0 aromatic heterocycles. The first-order valence-corrected chi connectivity index (χ1v) is 12.1. The summed E-state index contributed by atoms with van der Waals surface area (Å²) in [5.41, 5.74) is -4.82. The molecule has 1 aliphatic heterocycles. The number of ketones is 2. The molecule has 0 aromatic rings. The number of aliphatic hydroxyl groups is 1. The van der Waals surface area contributed by atoms with E-state index in [2.05, 4.69) is 0 Å². The van der Waals surface area contributed by atoms with Crippen molar-refractivity contribution < 1.29 is 38.1 Å². The highest BCUT2D eigenvalue weighted by molar-refractivity contribution is 6.01. The van der Waals surface area contributed by atoms with Crippen molar-refractivity contribution in [1.82, 2.24) is 0 Å². The molecule has 0 amide bonds. The summed E-state index contributed by atoms with van der Waals surface area (Å²) in [6, 6.07) is 0. The third-order valence-electron chi connectivity index (χ3n) is 9.45. The summed E-state index contributed by atoms with van der Waals surface area (Å²) in [6.07, 6.45) is 3.81. The summed E-state index contributed by atoms with van der Waals surface area (Å²) in [6.45, 7) is 7.86. The molecule has 7 nitrogen and oxygen atoms in total. The van der Waals surface area contributed by atoms with Crippen molar-refractivity contribution in [3.8, 4) is 0 Å². The highest BCUT2D eigenvalue weighted by Gasteiger charge is 2.80. The van der Waals surface area contributed by atoms with Gasteiger partial charge < -0.3 is 19.3 Å². The zero-order valence-corrected chi connectivity index (χ0v) is 20.4. The summed E-state index contributed by atoms with van der Waals surface area (Å²) in [5, 5.41) is 11.5. The van der Waals surface area contributed by atoms with E-state index in [-0.39, 0.29) is 18.1 Å². The number of hydrogen-bond acceptors (Lipinski definition) is 7. The lowest BCUT2D eigenvalue weighted by atomic mass is 9.44.